The van der Waals surface area contributed by atoms with Crippen molar-refractivity contribution in [2.45, 2.75) is 6.42 Å². The van der Waals surface area contributed by atoms with Gasteiger partial charge in [-0.15, -0.1) is 0 Å². The van der Waals surface area contributed by atoms with Gasteiger partial charge in [0, 0.05) is 12.0 Å². The molecule has 4 heteroatoms. The molecule has 0 N–H and O–H groups in total. The van der Waals surface area contributed by atoms with Crippen molar-refractivity contribution in [2.24, 2.45) is 0 Å². The maximum atomic E-state index is 10.6. The van der Waals surface area contributed by atoms with Crippen molar-refractivity contribution in [1.82, 2.24) is 0 Å². The summed E-state index contributed by atoms with van der Waals surface area (Å²) in [5.41, 5.74) is 1.81. The Morgan fingerprint density at radius 1 is 1.15 bits per heavy atom. The second kappa shape index (κ2) is 7.10. The summed E-state index contributed by atoms with van der Waals surface area (Å²) in [5, 5.41) is 0. The van der Waals surface area contributed by atoms with Crippen LogP contribution in [-0.4, -0.2) is 20.0 Å². The fourth-order valence-electron chi connectivity index (χ4n) is 1.78. The van der Waals surface area contributed by atoms with E-state index in [9.17, 15) is 4.79 Å². The quantitative estimate of drug-likeness (QED) is 0.752. The van der Waals surface area contributed by atoms with E-state index in [1.807, 2.05) is 24.3 Å². The molecule has 0 bridgehead atoms. The summed E-state index contributed by atoms with van der Waals surface area (Å²) in [4.78, 5) is 10.6. The van der Waals surface area contributed by atoms with Gasteiger partial charge in [0.05, 0.1) is 18.2 Å². The van der Waals surface area contributed by atoms with Gasteiger partial charge in [-0.05, 0) is 51.8 Å². The molecule has 0 spiro atoms. The van der Waals surface area contributed by atoms with Crippen LogP contribution in [0.25, 0.3) is 0 Å². The molecule has 2 aromatic carbocycles. The van der Waals surface area contributed by atoms with Gasteiger partial charge in [0.25, 0.3) is 0 Å². The summed E-state index contributed by atoms with van der Waals surface area (Å²) in [6.45, 7) is 0.575. The predicted molar refractivity (Wildman–Crippen MR) is 81.7 cm³/mol. The second-order valence-corrected chi connectivity index (χ2v) is 5.11. The van der Waals surface area contributed by atoms with Gasteiger partial charge in [-0.2, -0.15) is 0 Å². The van der Waals surface area contributed by atoms with Gasteiger partial charge < -0.3 is 9.47 Å². The molecule has 0 aliphatic carbocycles. The lowest BCUT2D eigenvalue weighted by Gasteiger charge is -2.09. The van der Waals surface area contributed by atoms with Gasteiger partial charge in [0.15, 0.2) is 0 Å². The zero-order chi connectivity index (χ0) is 14.4. The lowest BCUT2D eigenvalue weighted by Crippen LogP contribution is -2.02. The molecular formula is C16H15BrO3. The molecule has 2 aromatic rings. The smallest absolute Gasteiger partial charge is 0.150 e. The van der Waals surface area contributed by atoms with Gasteiger partial charge in [-0.3, -0.25) is 4.79 Å². The Hall–Kier alpha value is -1.81. The third kappa shape index (κ3) is 3.84. The molecule has 0 unspecified atom stereocenters. The van der Waals surface area contributed by atoms with Crippen molar-refractivity contribution in [3.05, 3.63) is 58.1 Å². The number of aldehydes is 1. The zero-order valence-corrected chi connectivity index (χ0v) is 12.7. The van der Waals surface area contributed by atoms with E-state index in [2.05, 4.69) is 15.9 Å². The summed E-state index contributed by atoms with van der Waals surface area (Å²) in [5.74, 6) is 1.59. The van der Waals surface area contributed by atoms with E-state index in [4.69, 9.17) is 9.47 Å². The van der Waals surface area contributed by atoms with Crippen molar-refractivity contribution >= 4 is 22.2 Å². The van der Waals surface area contributed by atoms with Gasteiger partial charge >= 0.3 is 0 Å². The summed E-state index contributed by atoms with van der Waals surface area (Å²) in [6, 6.07) is 13.2. The van der Waals surface area contributed by atoms with Crippen LogP contribution < -0.4 is 9.47 Å². The van der Waals surface area contributed by atoms with Crippen LogP contribution in [0.2, 0.25) is 0 Å². The first-order chi connectivity index (χ1) is 9.72. The second-order valence-electron chi connectivity index (χ2n) is 4.25. The minimum atomic E-state index is 0.575. The Bertz CT molecular complexity index is 579. The maximum Gasteiger partial charge on any atom is 0.150 e. The Balaban J connectivity index is 1.90. The minimum absolute atomic E-state index is 0.575. The lowest BCUT2D eigenvalue weighted by atomic mass is 10.1. The number of halogens is 1. The molecule has 20 heavy (non-hydrogen) atoms. The molecule has 104 valence electrons. The van der Waals surface area contributed by atoms with Crippen LogP contribution in [0.4, 0.5) is 0 Å². The van der Waals surface area contributed by atoms with Crippen molar-refractivity contribution in [2.75, 3.05) is 13.7 Å². The number of carbonyl (C=O) groups excluding carboxylic acids is 1. The molecule has 0 saturated carbocycles. The van der Waals surface area contributed by atoms with E-state index in [0.717, 1.165) is 28.7 Å². The Morgan fingerprint density at radius 2 is 1.90 bits per heavy atom. The van der Waals surface area contributed by atoms with Crippen LogP contribution in [0, 0.1) is 0 Å². The molecular weight excluding hydrogens is 320 g/mol. The molecule has 0 atom stereocenters. The van der Waals surface area contributed by atoms with Crippen molar-refractivity contribution in [1.29, 1.82) is 0 Å². The summed E-state index contributed by atoms with van der Waals surface area (Å²) in [7, 11) is 1.65. The van der Waals surface area contributed by atoms with E-state index in [0.29, 0.717) is 12.2 Å². The average Bonchev–Trinajstić information content (AvgIpc) is 2.49. The highest BCUT2D eigenvalue weighted by atomic mass is 79.9. The van der Waals surface area contributed by atoms with Gasteiger partial charge in [-0.1, -0.05) is 12.1 Å². The zero-order valence-electron chi connectivity index (χ0n) is 11.1. The Morgan fingerprint density at radius 3 is 2.50 bits per heavy atom. The van der Waals surface area contributed by atoms with Crippen LogP contribution >= 0.6 is 15.9 Å². The third-order valence-corrected chi connectivity index (χ3v) is 3.52. The van der Waals surface area contributed by atoms with E-state index in [-0.39, 0.29) is 0 Å². The number of ether oxygens (including phenoxy) is 2. The highest BCUT2D eigenvalue weighted by molar-refractivity contribution is 9.10. The average molecular weight is 335 g/mol. The third-order valence-electron chi connectivity index (χ3n) is 2.90. The number of rotatable bonds is 6. The van der Waals surface area contributed by atoms with Crippen LogP contribution in [0.3, 0.4) is 0 Å². The summed E-state index contributed by atoms with van der Waals surface area (Å²) >= 11 is 3.39. The largest absolute Gasteiger partial charge is 0.497 e. The van der Waals surface area contributed by atoms with Crippen LogP contribution in [0.5, 0.6) is 11.5 Å². The molecule has 2 rings (SSSR count). The van der Waals surface area contributed by atoms with Crippen LogP contribution in [0.15, 0.2) is 46.9 Å². The monoisotopic (exact) mass is 334 g/mol. The molecule has 0 aliphatic rings. The number of hydrogen-bond acceptors (Lipinski definition) is 3. The predicted octanol–water partition coefficient (Wildman–Crippen LogP) is 3.89. The first-order valence-corrected chi connectivity index (χ1v) is 7.02. The summed E-state index contributed by atoms with van der Waals surface area (Å²) < 4.78 is 11.6. The molecule has 0 aliphatic heterocycles. The molecule has 0 saturated heterocycles. The Kier molecular flexibility index (Phi) is 5.18. The highest BCUT2D eigenvalue weighted by Gasteiger charge is 2.03. The van der Waals surface area contributed by atoms with Crippen molar-refractivity contribution in [3.63, 3.8) is 0 Å². The molecule has 0 heterocycles. The number of methoxy groups -OCH3 is 1. The number of hydrogen-bond donors (Lipinski definition) is 0. The van der Waals surface area contributed by atoms with E-state index >= 15 is 0 Å². The molecule has 0 fully saturated rings. The highest BCUT2D eigenvalue weighted by Crippen LogP contribution is 2.25. The fraction of sp³-hybridized carbons (Fsp3) is 0.188. The van der Waals surface area contributed by atoms with Gasteiger partial charge in [0.1, 0.15) is 17.8 Å². The SMILES string of the molecule is COc1ccc(CCOc2ccc(C=O)cc2Br)cc1. The van der Waals surface area contributed by atoms with Crippen LogP contribution in [-0.2, 0) is 6.42 Å². The van der Waals surface area contributed by atoms with Crippen LogP contribution in [0.1, 0.15) is 15.9 Å². The fourth-order valence-corrected chi connectivity index (χ4v) is 2.29. The minimum Gasteiger partial charge on any atom is -0.497 e. The van der Waals surface area contributed by atoms with Crippen molar-refractivity contribution in [3.8, 4) is 11.5 Å². The summed E-state index contributed by atoms with van der Waals surface area (Å²) in [6.07, 6.45) is 1.62. The number of benzene rings is 2. The molecule has 3 nitrogen and oxygen atoms in total. The van der Waals surface area contributed by atoms with Gasteiger partial charge in [0.2, 0.25) is 0 Å². The van der Waals surface area contributed by atoms with Crippen molar-refractivity contribution < 1.29 is 14.3 Å². The normalized spacial score (nSPS) is 10.1. The molecule has 0 radical (unpaired) electrons. The lowest BCUT2D eigenvalue weighted by molar-refractivity contribution is 0.112. The first kappa shape index (κ1) is 14.6. The van der Waals surface area contributed by atoms with Gasteiger partial charge in [-0.25, -0.2) is 0 Å². The molecule has 0 aromatic heterocycles. The van der Waals surface area contributed by atoms with E-state index in [1.165, 1.54) is 5.56 Å². The van der Waals surface area contributed by atoms with E-state index in [1.54, 1.807) is 25.3 Å². The first-order valence-electron chi connectivity index (χ1n) is 6.23. The standard InChI is InChI=1S/C16H15BrO3/c1-19-14-5-2-12(3-6-14)8-9-20-16-7-4-13(11-18)10-15(16)17/h2-7,10-11H,8-9H2,1H3. The maximum absolute atomic E-state index is 10.6. The Labute approximate surface area is 126 Å². The molecule has 0 amide bonds. The van der Waals surface area contributed by atoms with E-state index < -0.39 is 0 Å². The number of carbonyl (C=O) groups is 1. The topological polar surface area (TPSA) is 35.5 Å².